The van der Waals surface area contributed by atoms with Gasteiger partial charge in [0, 0.05) is 25.0 Å². The molecule has 100 valence electrons. The highest BCUT2D eigenvalue weighted by Gasteiger charge is 2.27. The van der Waals surface area contributed by atoms with Gasteiger partial charge in [0.25, 0.3) is 0 Å². The Kier molecular flexibility index (Phi) is 4.55. The van der Waals surface area contributed by atoms with E-state index in [4.69, 9.17) is 5.73 Å². The SMILES string of the molecule is CC(C)(N)CCC(=O)N1CCCC(C)(O)CC1. The van der Waals surface area contributed by atoms with Gasteiger partial charge >= 0.3 is 0 Å². The first-order valence-corrected chi connectivity index (χ1v) is 6.49. The van der Waals surface area contributed by atoms with Crippen LogP contribution in [0.1, 0.15) is 52.9 Å². The molecule has 4 nitrogen and oxygen atoms in total. The molecule has 3 N–H and O–H groups in total. The Hall–Kier alpha value is -0.610. The van der Waals surface area contributed by atoms with Crippen LogP contribution in [-0.2, 0) is 4.79 Å². The highest BCUT2D eigenvalue weighted by atomic mass is 16.3. The molecule has 1 aliphatic rings. The molecule has 0 spiro atoms. The minimum atomic E-state index is -0.609. The summed E-state index contributed by atoms with van der Waals surface area (Å²) >= 11 is 0. The predicted octanol–water partition coefficient (Wildman–Crippen LogP) is 1.27. The van der Waals surface area contributed by atoms with Crippen LogP contribution in [0, 0.1) is 0 Å². The van der Waals surface area contributed by atoms with E-state index in [1.165, 1.54) is 0 Å². The molecule has 1 atom stereocenters. The first-order valence-electron chi connectivity index (χ1n) is 6.49. The molecule has 0 aromatic carbocycles. The molecule has 0 bridgehead atoms. The van der Waals surface area contributed by atoms with Gasteiger partial charge in [-0.25, -0.2) is 0 Å². The van der Waals surface area contributed by atoms with Crippen molar-refractivity contribution in [3.63, 3.8) is 0 Å². The fourth-order valence-electron chi connectivity index (χ4n) is 2.10. The summed E-state index contributed by atoms with van der Waals surface area (Å²) in [5.74, 6) is 0.168. The van der Waals surface area contributed by atoms with Gasteiger partial charge in [0.1, 0.15) is 0 Å². The van der Waals surface area contributed by atoms with Crippen LogP contribution in [0.5, 0.6) is 0 Å². The summed E-state index contributed by atoms with van der Waals surface area (Å²) in [6.07, 6.45) is 3.54. The lowest BCUT2D eigenvalue weighted by Crippen LogP contribution is -2.37. The van der Waals surface area contributed by atoms with E-state index in [2.05, 4.69) is 0 Å². The summed E-state index contributed by atoms with van der Waals surface area (Å²) in [5, 5.41) is 9.96. The molecule has 1 rings (SSSR count). The standard InChI is InChI=1S/C13H26N2O2/c1-12(2,14)7-5-11(16)15-9-4-6-13(3,17)8-10-15/h17H,4-10,14H2,1-3H3. The number of likely N-dealkylation sites (tertiary alicyclic amines) is 1. The molecule has 1 aliphatic heterocycles. The van der Waals surface area contributed by atoms with E-state index >= 15 is 0 Å². The molecule has 0 aromatic rings. The smallest absolute Gasteiger partial charge is 0.222 e. The van der Waals surface area contributed by atoms with Gasteiger partial charge in [0.05, 0.1) is 5.60 Å². The molecule has 1 saturated heterocycles. The predicted molar refractivity (Wildman–Crippen MR) is 68.6 cm³/mol. The van der Waals surface area contributed by atoms with Gasteiger partial charge in [0.2, 0.25) is 5.91 Å². The number of carbonyl (C=O) groups excluding carboxylic acids is 1. The van der Waals surface area contributed by atoms with Gasteiger partial charge in [-0.3, -0.25) is 4.79 Å². The minimum absolute atomic E-state index is 0.168. The molecule has 4 heteroatoms. The van der Waals surface area contributed by atoms with Crippen LogP contribution in [0.4, 0.5) is 0 Å². The van der Waals surface area contributed by atoms with Crippen molar-refractivity contribution >= 4 is 5.91 Å². The maximum atomic E-state index is 12.0. The van der Waals surface area contributed by atoms with Crippen LogP contribution in [0.15, 0.2) is 0 Å². The molecule has 1 fully saturated rings. The zero-order chi connectivity index (χ0) is 13.1. The van der Waals surface area contributed by atoms with E-state index in [9.17, 15) is 9.90 Å². The second-order valence-corrected chi connectivity index (χ2v) is 6.22. The summed E-state index contributed by atoms with van der Waals surface area (Å²) in [7, 11) is 0. The average molecular weight is 242 g/mol. The fraction of sp³-hybridized carbons (Fsp3) is 0.923. The van der Waals surface area contributed by atoms with E-state index in [1.807, 2.05) is 25.7 Å². The number of hydrogen-bond acceptors (Lipinski definition) is 3. The van der Waals surface area contributed by atoms with Gasteiger partial charge in [-0.05, 0) is 46.5 Å². The summed E-state index contributed by atoms with van der Waals surface area (Å²) in [4.78, 5) is 13.9. The zero-order valence-electron chi connectivity index (χ0n) is 11.3. The second kappa shape index (κ2) is 5.36. The van der Waals surface area contributed by atoms with Crippen molar-refractivity contribution in [3.8, 4) is 0 Å². The molecular formula is C13H26N2O2. The van der Waals surface area contributed by atoms with Crippen molar-refractivity contribution < 1.29 is 9.90 Å². The van der Waals surface area contributed by atoms with Crippen LogP contribution in [-0.4, -0.2) is 40.1 Å². The third-order valence-electron chi connectivity index (χ3n) is 3.40. The molecule has 0 aromatic heterocycles. The van der Waals surface area contributed by atoms with Crippen molar-refractivity contribution in [2.45, 2.75) is 64.0 Å². The van der Waals surface area contributed by atoms with E-state index < -0.39 is 5.60 Å². The van der Waals surface area contributed by atoms with Crippen LogP contribution in [0.25, 0.3) is 0 Å². The van der Waals surface area contributed by atoms with Crippen LogP contribution < -0.4 is 5.73 Å². The molecular weight excluding hydrogens is 216 g/mol. The van der Waals surface area contributed by atoms with Gasteiger partial charge in [-0.2, -0.15) is 0 Å². The molecule has 0 saturated carbocycles. The normalized spacial score (nSPS) is 26.8. The number of nitrogens with zero attached hydrogens (tertiary/aromatic N) is 1. The van der Waals surface area contributed by atoms with Crippen LogP contribution >= 0.6 is 0 Å². The highest BCUT2D eigenvalue weighted by molar-refractivity contribution is 5.76. The first kappa shape index (κ1) is 14.5. The Balaban J connectivity index is 2.42. The molecule has 1 unspecified atom stereocenters. The largest absolute Gasteiger partial charge is 0.390 e. The Morgan fingerprint density at radius 1 is 1.41 bits per heavy atom. The average Bonchev–Trinajstić information content (AvgIpc) is 2.35. The van der Waals surface area contributed by atoms with E-state index in [0.717, 1.165) is 19.4 Å². The van der Waals surface area contributed by atoms with Crippen molar-refractivity contribution in [2.24, 2.45) is 5.73 Å². The molecule has 1 heterocycles. The minimum Gasteiger partial charge on any atom is -0.390 e. The summed E-state index contributed by atoms with van der Waals surface area (Å²) in [6, 6.07) is 0. The summed E-state index contributed by atoms with van der Waals surface area (Å²) in [6.45, 7) is 7.15. The monoisotopic (exact) mass is 242 g/mol. The third kappa shape index (κ3) is 5.50. The Morgan fingerprint density at radius 3 is 2.65 bits per heavy atom. The molecule has 17 heavy (non-hydrogen) atoms. The quantitative estimate of drug-likeness (QED) is 0.783. The number of hydrogen-bond donors (Lipinski definition) is 2. The highest BCUT2D eigenvalue weighted by Crippen LogP contribution is 2.22. The van der Waals surface area contributed by atoms with Gasteiger partial charge < -0.3 is 15.7 Å². The molecule has 0 aliphatic carbocycles. The van der Waals surface area contributed by atoms with Gasteiger partial charge in [0.15, 0.2) is 0 Å². The Morgan fingerprint density at radius 2 is 2.06 bits per heavy atom. The van der Waals surface area contributed by atoms with Gasteiger partial charge in [-0.1, -0.05) is 0 Å². The topological polar surface area (TPSA) is 66.6 Å². The first-order chi connectivity index (χ1) is 7.70. The Bertz CT molecular complexity index is 269. The number of nitrogens with two attached hydrogens (primary N) is 1. The molecule has 1 amide bonds. The summed E-state index contributed by atoms with van der Waals surface area (Å²) in [5.41, 5.74) is 4.98. The van der Waals surface area contributed by atoms with E-state index in [1.54, 1.807) is 0 Å². The van der Waals surface area contributed by atoms with E-state index in [0.29, 0.717) is 25.8 Å². The second-order valence-electron chi connectivity index (χ2n) is 6.22. The molecule has 0 radical (unpaired) electrons. The lowest BCUT2D eigenvalue weighted by Gasteiger charge is -2.24. The summed E-state index contributed by atoms with van der Waals surface area (Å²) < 4.78 is 0. The zero-order valence-corrected chi connectivity index (χ0v) is 11.3. The lowest BCUT2D eigenvalue weighted by atomic mass is 9.98. The number of amides is 1. The maximum Gasteiger partial charge on any atom is 0.222 e. The van der Waals surface area contributed by atoms with Crippen LogP contribution in [0.3, 0.4) is 0 Å². The van der Waals surface area contributed by atoms with E-state index in [-0.39, 0.29) is 11.4 Å². The van der Waals surface area contributed by atoms with Crippen molar-refractivity contribution in [3.05, 3.63) is 0 Å². The van der Waals surface area contributed by atoms with Gasteiger partial charge in [-0.15, -0.1) is 0 Å². The van der Waals surface area contributed by atoms with Crippen molar-refractivity contribution in [1.29, 1.82) is 0 Å². The Labute approximate surface area is 104 Å². The fourth-order valence-corrected chi connectivity index (χ4v) is 2.10. The lowest BCUT2D eigenvalue weighted by molar-refractivity contribution is -0.131. The number of aliphatic hydroxyl groups is 1. The van der Waals surface area contributed by atoms with Crippen LogP contribution in [0.2, 0.25) is 0 Å². The third-order valence-corrected chi connectivity index (χ3v) is 3.40. The maximum absolute atomic E-state index is 12.0. The number of rotatable bonds is 3. The van der Waals surface area contributed by atoms with Crippen molar-refractivity contribution in [1.82, 2.24) is 4.90 Å². The number of carbonyl (C=O) groups is 1. The van der Waals surface area contributed by atoms with Crippen molar-refractivity contribution in [2.75, 3.05) is 13.1 Å².